The van der Waals surface area contributed by atoms with Crippen molar-refractivity contribution in [3.05, 3.63) is 35.6 Å². The summed E-state index contributed by atoms with van der Waals surface area (Å²) in [6.07, 6.45) is 1.19. The first kappa shape index (κ1) is 14.6. The molecular weight excluding hydrogens is 233 g/mol. The van der Waals surface area contributed by atoms with Crippen LogP contribution in [0.1, 0.15) is 25.3 Å². The molecule has 1 aromatic rings. The van der Waals surface area contributed by atoms with Gasteiger partial charge in [0.2, 0.25) is 5.91 Å². The average Bonchev–Trinajstić information content (AvgIpc) is 2.34. The lowest BCUT2D eigenvalue weighted by molar-refractivity contribution is -0.130. The van der Waals surface area contributed by atoms with Crippen molar-refractivity contribution in [1.29, 1.82) is 0 Å². The summed E-state index contributed by atoms with van der Waals surface area (Å²) in [6, 6.07) is 6.31. The number of hydrogen-bond acceptors (Lipinski definition) is 2. The Hall–Kier alpha value is -1.42. The Morgan fingerprint density at radius 2 is 2.22 bits per heavy atom. The van der Waals surface area contributed by atoms with Crippen molar-refractivity contribution in [2.24, 2.45) is 0 Å². The number of ether oxygens (including phenoxy) is 1. The van der Waals surface area contributed by atoms with Gasteiger partial charge in [0.15, 0.2) is 0 Å². The van der Waals surface area contributed by atoms with Crippen molar-refractivity contribution in [2.45, 2.75) is 26.3 Å². The van der Waals surface area contributed by atoms with Crippen LogP contribution in [0.15, 0.2) is 24.3 Å². The molecule has 0 aliphatic heterocycles. The Balaban J connectivity index is 2.35. The fraction of sp³-hybridized carbons (Fsp3) is 0.500. The van der Waals surface area contributed by atoms with Crippen molar-refractivity contribution in [1.82, 2.24) is 4.90 Å². The van der Waals surface area contributed by atoms with Crippen LogP contribution in [-0.4, -0.2) is 31.1 Å². The molecule has 0 bridgehead atoms. The summed E-state index contributed by atoms with van der Waals surface area (Å²) in [6.45, 7) is 3.65. The number of rotatable bonds is 7. The summed E-state index contributed by atoms with van der Waals surface area (Å²) < 4.78 is 18.2. The van der Waals surface area contributed by atoms with Gasteiger partial charge in [-0.05, 0) is 31.0 Å². The summed E-state index contributed by atoms with van der Waals surface area (Å²) in [4.78, 5) is 13.4. The van der Waals surface area contributed by atoms with E-state index in [0.717, 1.165) is 12.0 Å². The van der Waals surface area contributed by atoms with E-state index in [1.54, 1.807) is 18.0 Å². The maximum atomic E-state index is 13.0. The van der Waals surface area contributed by atoms with Gasteiger partial charge in [0, 0.05) is 33.2 Å². The third-order valence-corrected chi connectivity index (χ3v) is 2.62. The highest BCUT2D eigenvalue weighted by atomic mass is 19.1. The summed E-state index contributed by atoms with van der Waals surface area (Å²) in [5.41, 5.74) is 0.802. The van der Waals surface area contributed by atoms with Gasteiger partial charge in [0.25, 0.3) is 0 Å². The molecule has 4 heteroatoms. The third kappa shape index (κ3) is 5.27. The Bertz CT molecular complexity index is 382. The fourth-order valence-electron chi connectivity index (χ4n) is 1.66. The van der Waals surface area contributed by atoms with Gasteiger partial charge < -0.3 is 9.64 Å². The predicted molar refractivity (Wildman–Crippen MR) is 68.6 cm³/mol. The van der Waals surface area contributed by atoms with Crippen LogP contribution in [0.25, 0.3) is 0 Å². The van der Waals surface area contributed by atoms with E-state index >= 15 is 0 Å². The Labute approximate surface area is 108 Å². The van der Waals surface area contributed by atoms with E-state index in [0.29, 0.717) is 26.2 Å². The molecule has 0 spiro atoms. The molecule has 0 saturated heterocycles. The first-order valence-electron chi connectivity index (χ1n) is 6.19. The highest BCUT2D eigenvalue weighted by Crippen LogP contribution is 2.07. The van der Waals surface area contributed by atoms with Crippen LogP contribution in [0.5, 0.6) is 0 Å². The second-order valence-electron chi connectivity index (χ2n) is 4.18. The lowest BCUT2D eigenvalue weighted by Crippen LogP contribution is -2.26. The average molecular weight is 253 g/mol. The van der Waals surface area contributed by atoms with Crippen molar-refractivity contribution in [3.8, 4) is 0 Å². The number of amides is 1. The quantitative estimate of drug-likeness (QED) is 0.699. The van der Waals surface area contributed by atoms with E-state index < -0.39 is 0 Å². The molecule has 3 nitrogen and oxygen atoms in total. The van der Waals surface area contributed by atoms with Gasteiger partial charge >= 0.3 is 0 Å². The molecule has 0 aliphatic rings. The van der Waals surface area contributed by atoms with Crippen LogP contribution in [0.4, 0.5) is 4.39 Å². The SMILES string of the molecule is CCOCCCC(=O)N(C)Cc1cccc(F)c1. The zero-order valence-corrected chi connectivity index (χ0v) is 11.0. The first-order chi connectivity index (χ1) is 8.63. The van der Waals surface area contributed by atoms with E-state index in [-0.39, 0.29) is 11.7 Å². The maximum absolute atomic E-state index is 13.0. The second-order valence-corrected chi connectivity index (χ2v) is 4.18. The van der Waals surface area contributed by atoms with Crippen LogP contribution < -0.4 is 0 Å². The van der Waals surface area contributed by atoms with E-state index in [4.69, 9.17) is 4.74 Å². The molecule has 0 heterocycles. The predicted octanol–water partition coefficient (Wildman–Crippen LogP) is 2.60. The first-order valence-corrected chi connectivity index (χ1v) is 6.19. The second kappa shape index (κ2) is 7.82. The molecule has 0 aliphatic carbocycles. The zero-order chi connectivity index (χ0) is 13.4. The van der Waals surface area contributed by atoms with Gasteiger partial charge in [-0.3, -0.25) is 4.79 Å². The minimum Gasteiger partial charge on any atom is -0.382 e. The van der Waals surface area contributed by atoms with Gasteiger partial charge in [0.05, 0.1) is 0 Å². The largest absolute Gasteiger partial charge is 0.382 e. The lowest BCUT2D eigenvalue weighted by atomic mass is 10.2. The minimum absolute atomic E-state index is 0.0546. The topological polar surface area (TPSA) is 29.5 Å². The molecule has 0 radical (unpaired) electrons. The van der Waals surface area contributed by atoms with Gasteiger partial charge in [-0.15, -0.1) is 0 Å². The number of carbonyl (C=O) groups excluding carboxylic acids is 1. The molecular formula is C14H20FNO2. The molecule has 0 fully saturated rings. The number of nitrogens with zero attached hydrogens (tertiary/aromatic N) is 1. The molecule has 0 unspecified atom stereocenters. The maximum Gasteiger partial charge on any atom is 0.222 e. The Morgan fingerprint density at radius 3 is 2.89 bits per heavy atom. The Morgan fingerprint density at radius 1 is 1.44 bits per heavy atom. The number of benzene rings is 1. The molecule has 0 N–H and O–H groups in total. The fourth-order valence-corrected chi connectivity index (χ4v) is 1.66. The third-order valence-electron chi connectivity index (χ3n) is 2.62. The standard InChI is InChI=1S/C14H20FNO2/c1-3-18-9-5-8-14(17)16(2)11-12-6-4-7-13(15)10-12/h4,6-7,10H,3,5,8-9,11H2,1-2H3. The monoisotopic (exact) mass is 253 g/mol. The van der Waals surface area contributed by atoms with E-state index in [1.807, 2.05) is 13.0 Å². The zero-order valence-electron chi connectivity index (χ0n) is 11.0. The minimum atomic E-state index is -0.273. The smallest absolute Gasteiger partial charge is 0.222 e. The lowest BCUT2D eigenvalue weighted by Gasteiger charge is -2.17. The van der Waals surface area contributed by atoms with Crippen LogP contribution in [0, 0.1) is 5.82 Å². The van der Waals surface area contributed by atoms with Crippen LogP contribution in [-0.2, 0) is 16.1 Å². The summed E-state index contributed by atoms with van der Waals surface area (Å²) in [5, 5.41) is 0. The van der Waals surface area contributed by atoms with E-state index in [9.17, 15) is 9.18 Å². The molecule has 1 rings (SSSR count). The van der Waals surface area contributed by atoms with Crippen molar-refractivity contribution >= 4 is 5.91 Å². The van der Waals surface area contributed by atoms with Gasteiger partial charge in [-0.1, -0.05) is 12.1 Å². The van der Waals surface area contributed by atoms with Crippen LogP contribution >= 0.6 is 0 Å². The molecule has 1 amide bonds. The van der Waals surface area contributed by atoms with Gasteiger partial charge in [-0.25, -0.2) is 4.39 Å². The van der Waals surface area contributed by atoms with Crippen LogP contribution in [0.2, 0.25) is 0 Å². The Kier molecular flexibility index (Phi) is 6.36. The molecule has 100 valence electrons. The van der Waals surface area contributed by atoms with Crippen molar-refractivity contribution < 1.29 is 13.9 Å². The summed E-state index contributed by atoms with van der Waals surface area (Å²) in [7, 11) is 1.73. The van der Waals surface area contributed by atoms with E-state index in [2.05, 4.69) is 0 Å². The number of carbonyl (C=O) groups is 1. The summed E-state index contributed by atoms with van der Waals surface area (Å²) >= 11 is 0. The summed E-state index contributed by atoms with van der Waals surface area (Å²) in [5.74, 6) is -0.219. The number of halogens is 1. The molecule has 1 aromatic carbocycles. The normalized spacial score (nSPS) is 10.4. The molecule has 0 aromatic heterocycles. The van der Waals surface area contributed by atoms with Crippen LogP contribution in [0.3, 0.4) is 0 Å². The van der Waals surface area contributed by atoms with Gasteiger partial charge in [-0.2, -0.15) is 0 Å². The highest BCUT2D eigenvalue weighted by Gasteiger charge is 2.09. The van der Waals surface area contributed by atoms with Crippen molar-refractivity contribution in [3.63, 3.8) is 0 Å². The highest BCUT2D eigenvalue weighted by molar-refractivity contribution is 5.75. The molecule has 0 atom stereocenters. The van der Waals surface area contributed by atoms with Gasteiger partial charge in [0.1, 0.15) is 5.82 Å². The molecule has 0 saturated carbocycles. The number of hydrogen-bond donors (Lipinski definition) is 0. The molecule has 18 heavy (non-hydrogen) atoms. The van der Waals surface area contributed by atoms with Crippen molar-refractivity contribution in [2.75, 3.05) is 20.3 Å². The van der Waals surface area contributed by atoms with E-state index in [1.165, 1.54) is 12.1 Å².